The molecule has 3 aliphatic rings. The molecule has 2 bridgehead atoms. The smallest absolute Gasteiger partial charge is 0.229 e. The number of nitrogens with zero attached hydrogens (tertiary/aromatic N) is 4. The van der Waals surface area contributed by atoms with Crippen molar-refractivity contribution >= 4 is 0 Å². The summed E-state index contributed by atoms with van der Waals surface area (Å²) in [5.41, 5.74) is 1.18. The Hall–Kier alpha value is -2.70. The Bertz CT molecular complexity index is 1130. The highest BCUT2D eigenvalue weighted by molar-refractivity contribution is 5.63. The molecule has 2 saturated carbocycles. The summed E-state index contributed by atoms with van der Waals surface area (Å²) in [7, 11) is 0. The zero-order valence-corrected chi connectivity index (χ0v) is 16.2. The van der Waals surface area contributed by atoms with E-state index in [4.69, 9.17) is 4.42 Å². The second-order valence-corrected chi connectivity index (χ2v) is 9.07. The Balaban J connectivity index is 1.53. The van der Waals surface area contributed by atoms with Gasteiger partial charge in [-0.2, -0.15) is 5.10 Å². The maximum Gasteiger partial charge on any atom is 0.229 e. The van der Waals surface area contributed by atoms with Crippen LogP contribution in [-0.4, -0.2) is 20.4 Å². The average molecular weight is 394 g/mol. The van der Waals surface area contributed by atoms with E-state index in [0.717, 1.165) is 36.9 Å². The maximum absolute atomic E-state index is 14.3. The zero-order chi connectivity index (χ0) is 20.0. The highest BCUT2D eigenvalue weighted by atomic mass is 19.1. The van der Waals surface area contributed by atoms with Crippen molar-refractivity contribution in [2.75, 3.05) is 0 Å². The van der Waals surface area contributed by atoms with E-state index in [1.807, 2.05) is 0 Å². The summed E-state index contributed by atoms with van der Waals surface area (Å²) in [6.45, 7) is 4.38. The number of hydrogen-bond acceptors (Lipinski definition) is 5. The monoisotopic (exact) mass is 394 g/mol. The quantitative estimate of drug-likeness (QED) is 0.633. The predicted molar refractivity (Wildman–Crippen MR) is 100 cm³/mol. The number of hydrogen-bond donors (Lipinski definition) is 0. The van der Waals surface area contributed by atoms with E-state index < -0.39 is 17.0 Å². The molecule has 0 spiro atoms. The molecule has 3 aromatic rings. The fourth-order valence-electron chi connectivity index (χ4n) is 5.56. The van der Waals surface area contributed by atoms with Gasteiger partial charge in [-0.1, -0.05) is 19.9 Å². The van der Waals surface area contributed by atoms with Crippen molar-refractivity contribution in [3.63, 3.8) is 0 Å². The Morgan fingerprint density at radius 1 is 1.00 bits per heavy atom. The summed E-state index contributed by atoms with van der Waals surface area (Å²) < 4.78 is 34.8. The number of fused-ring (bicyclic) bond motifs is 5. The largest absolute Gasteiger partial charge is 0.424 e. The molecule has 148 valence electrons. The van der Waals surface area contributed by atoms with Gasteiger partial charge < -0.3 is 4.42 Å². The molecular weight excluding hydrogens is 374 g/mol. The molecule has 5 nitrogen and oxygen atoms in total. The first-order valence-electron chi connectivity index (χ1n) is 10.1. The van der Waals surface area contributed by atoms with Crippen LogP contribution in [0.25, 0.3) is 11.3 Å². The van der Waals surface area contributed by atoms with Gasteiger partial charge in [-0.25, -0.2) is 8.78 Å². The van der Waals surface area contributed by atoms with Crippen LogP contribution < -0.4 is 0 Å². The van der Waals surface area contributed by atoms with Gasteiger partial charge in [-0.05, 0) is 60.8 Å². The van der Waals surface area contributed by atoms with E-state index in [1.54, 1.807) is 6.07 Å². The van der Waals surface area contributed by atoms with E-state index in [0.29, 0.717) is 17.7 Å². The minimum absolute atomic E-state index is 0.133. The molecule has 29 heavy (non-hydrogen) atoms. The molecule has 0 saturated heterocycles. The highest BCUT2D eigenvalue weighted by Crippen LogP contribution is 2.69. The summed E-state index contributed by atoms with van der Waals surface area (Å²) in [4.78, 5) is 0. The average Bonchev–Trinajstić information content (AvgIpc) is 3.31. The van der Waals surface area contributed by atoms with Gasteiger partial charge in [0.05, 0.1) is 22.4 Å². The second kappa shape index (κ2) is 5.46. The SMILES string of the molecule is CC1(C)[C@H]2CC[C@]1(c1nnc(C3CC3)o1)c1nnc(-c3c(F)cccc3F)cc12. The molecule has 0 radical (unpaired) electrons. The fraction of sp³-hybridized carbons (Fsp3) is 0.455. The molecule has 1 aromatic carbocycles. The Morgan fingerprint density at radius 2 is 1.76 bits per heavy atom. The predicted octanol–water partition coefficient (Wildman–Crippen LogP) is 4.89. The first-order valence-corrected chi connectivity index (χ1v) is 10.1. The lowest BCUT2D eigenvalue weighted by Gasteiger charge is -2.34. The Kier molecular flexibility index (Phi) is 3.24. The highest BCUT2D eigenvalue weighted by Gasteiger charge is 2.67. The first kappa shape index (κ1) is 17.2. The zero-order valence-electron chi connectivity index (χ0n) is 16.2. The molecule has 7 heteroatoms. The lowest BCUT2D eigenvalue weighted by Crippen LogP contribution is -2.37. The second-order valence-electron chi connectivity index (χ2n) is 9.07. The number of benzene rings is 1. The Morgan fingerprint density at radius 3 is 2.48 bits per heavy atom. The van der Waals surface area contributed by atoms with Crippen molar-refractivity contribution < 1.29 is 13.2 Å². The standard InChI is InChI=1S/C22H20F2N4O/c1-21(2)13-8-9-22(21,20-28-27-19(29-20)11-6-7-11)18-12(13)10-16(25-26-18)17-14(23)4-3-5-15(17)24/h3-5,10-11,13H,6-9H2,1-2H3/t13-,22+/m0/s1. The van der Waals surface area contributed by atoms with Crippen molar-refractivity contribution in [2.45, 2.75) is 56.8 Å². The fourth-order valence-corrected chi connectivity index (χ4v) is 5.56. The van der Waals surface area contributed by atoms with Crippen molar-refractivity contribution in [1.82, 2.24) is 20.4 Å². The summed E-state index contributed by atoms with van der Waals surface area (Å²) in [5, 5.41) is 17.5. The third-order valence-corrected chi connectivity index (χ3v) is 7.33. The maximum atomic E-state index is 14.3. The molecule has 2 heterocycles. The molecule has 2 aromatic heterocycles. The number of halogens is 2. The third-order valence-electron chi connectivity index (χ3n) is 7.33. The van der Waals surface area contributed by atoms with Crippen molar-refractivity contribution in [1.29, 1.82) is 0 Å². The molecule has 0 N–H and O–H groups in total. The minimum atomic E-state index is -0.637. The van der Waals surface area contributed by atoms with Crippen LogP contribution in [0, 0.1) is 17.0 Å². The lowest BCUT2D eigenvalue weighted by atomic mass is 9.68. The molecule has 6 rings (SSSR count). The van der Waals surface area contributed by atoms with Gasteiger partial charge in [0.2, 0.25) is 11.8 Å². The van der Waals surface area contributed by atoms with Crippen LogP contribution in [0.5, 0.6) is 0 Å². The topological polar surface area (TPSA) is 64.7 Å². The molecule has 0 unspecified atom stereocenters. The van der Waals surface area contributed by atoms with Crippen LogP contribution in [0.2, 0.25) is 0 Å². The van der Waals surface area contributed by atoms with Gasteiger partial charge in [0, 0.05) is 5.92 Å². The third kappa shape index (κ3) is 2.08. The lowest BCUT2D eigenvalue weighted by molar-refractivity contribution is 0.203. The summed E-state index contributed by atoms with van der Waals surface area (Å²) >= 11 is 0. The summed E-state index contributed by atoms with van der Waals surface area (Å²) in [5.74, 6) is 0.610. The van der Waals surface area contributed by atoms with Crippen molar-refractivity contribution in [3.8, 4) is 11.3 Å². The van der Waals surface area contributed by atoms with Gasteiger partial charge in [-0.15, -0.1) is 15.3 Å². The molecular formula is C22H20F2N4O. The summed E-state index contributed by atoms with van der Waals surface area (Å²) in [6, 6.07) is 5.63. The first-order chi connectivity index (χ1) is 13.9. The van der Waals surface area contributed by atoms with Crippen LogP contribution in [0.3, 0.4) is 0 Å². The molecule has 0 amide bonds. The van der Waals surface area contributed by atoms with Crippen LogP contribution in [0.15, 0.2) is 28.7 Å². The molecule has 2 fully saturated rings. The molecule has 2 atom stereocenters. The van der Waals surface area contributed by atoms with E-state index in [-0.39, 0.29) is 22.6 Å². The molecule has 0 aliphatic heterocycles. The van der Waals surface area contributed by atoms with E-state index in [9.17, 15) is 8.78 Å². The van der Waals surface area contributed by atoms with Crippen LogP contribution in [0.1, 0.15) is 74.4 Å². The number of rotatable bonds is 3. The number of aromatic nitrogens is 4. The van der Waals surface area contributed by atoms with Gasteiger partial charge in [0.25, 0.3) is 0 Å². The van der Waals surface area contributed by atoms with Crippen molar-refractivity contribution in [2.24, 2.45) is 5.41 Å². The van der Waals surface area contributed by atoms with Crippen molar-refractivity contribution in [3.05, 3.63) is 58.9 Å². The van der Waals surface area contributed by atoms with Gasteiger partial charge in [0.1, 0.15) is 11.6 Å². The normalized spacial score (nSPS) is 26.7. The summed E-state index contributed by atoms with van der Waals surface area (Å²) in [6.07, 6.45) is 3.97. The van der Waals surface area contributed by atoms with Gasteiger partial charge >= 0.3 is 0 Å². The minimum Gasteiger partial charge on any atom is -0.424 e. The van der Waals surface area contributed by atoms with Crippen LogP contribution in [-0.2, 0) is 5.41 Å². The van der Waals surface area contributed by atoms with Crippen LogP contribution >= 0.6 is 0 Å². The van der Waals surface area contributed by atoms with Gasteiger partial charge in [-0.3, -0.25) is 0 Å². The molecule has 3 aliphatic carbocycles. The van der Waals surface area contributed by atoms with E-state index in [2.05, 4.69) is 34.2 Å². The van der Waals surface area contributed by atoms with Gasteiger partial charge in [0.15, 0.2) is 0 Å². The van der Waals surface area contributed by atoms with Crippen LogP contribution in [0.4, 0.5) is 8.78 Å². The van der Waals surface area contributed by atoms with E-state index >= 15 is 0 Å². The Labute approximate surface area is 166 Å². The van der Waals surface area contributed by atoms with E-state index in [1.165, 1.54) is 18.2 Å².